The third-order valence-corrected chi connectivity index (χ3v) is 9.25. The summed E-state index contributed by atoms with van der Waals surface area (Å²) in [6.07, 6.45) is 8.33. The summed E-state index contributed by atoms with van der Waals surface area (Å²) >= 11 is 0. The van der Waals surface area contributed by atoms with E-state index in [0.29, 0.717) is 5.92 Å². The van der Waals surface area contributed by atoms with Gasteiger partial charge in [0.15, 0.2) is 0 Å². The van der Waals surface area contributed by atoms with Crippen molar-refractivity contribution in [3.05, 3.63) is 65.2 Å². The van der Waals surface area contributed by atoms with Gasteiger partial charge in [-0.25, -0.2) is 0 Å². The SMILES string of the molecule is CCCCCCCC[Si](C)(C)c1ccc(C#Cc2ccc(C(C)C)cc2)cc1. The van der Waals surface area contributed by atoms with E-state index in [9.17, 15) is 0 Å². The van der Waals surface area contributed by atoms with E-state index in [0.717, 1.165) is 11.1 Å². The molecule has 150 valence electrons. The van der Waals surface area contributed by atoms with E-state index in [1.807, 2.05) is 0 Å². The lowest BCUT2D eigenvalue weighted by Crippen LogP contribution is -2.40. The van der Waals surface area contributed by atoms with Gasteiger partial charge in [0.1, 0.15) is 0 Å². The maximum absolute atomic E-state index is 3.33. The molecule has 2 rings (SSSR count). The van der Waals surface area contributed by atoms with Crippen LogP contribution in [-0.2, 0) is 0 Å². The molecule has 0 fully saturated rings. The molecular formula is C27H38Si. The molecule has 1 heteroatoms. The number of benzene rings is 2. The van der Waals surface area contributed by atoms with Gasteiger partial charge in [0.2, 0.25) is 0 Å². The van der Waals surface area contributed by atoms with Gasteiger partial charge >= 0.3 is 0 Å². The molecule has 0 saturated carbocycles. The van der Waals surface area contributed by atoms with Crippen LogP contribution in [0.25, 0.3) is 0 Å². The third kappa shape index (κ3) is 7.32. The molecular weight excluding hydrogens is 352 g/mol. The fourth-order valence-corrected chi connectivity index (χ4v) is 6.08. The molecule has 0 spiro atoms. The first-order valence-corrected chi connectivity index (χ1v) is 14.4. The van der Waals surface area contributed by atoms with Gasteiger partial charge in [-0.2, -0.15) is 0 Å². The van der Waals surface area contributed by atoms with E-state index >= 15 is 0 Å². The Balaban J connectivity index is 1.91. The van der Waals surface area contributed by atoms with Gasteiger partial charge in [0.05, 0.1) is 8.07 Å². The molecule has 0 nitrogen and oxygen atoms in total. The second-order valence-electron chi connectivity index (χ2n) is 9.01. The van der Waals surface area contributed by atoms with Gasteiger partial charge in [0.25, 0.3) is 0 Å². The highest BCUT2D eigenvalue weighted by atomic mass is 28.3. The zero-order valence-corrected chi connectivity index (χ0v) is 19.6. The first-order chi connectivity index (χ1) is 13.4. The average Bonchev–Trinajstić information content (AvgIpc) is 2.69. The van der Waals surface area contributed by atoms with E-state index in [1.165, 1.54) is 50.1 Å². The Morgan fingerprint density at radius 3 is 1.75 bits per heavy atom. The highest BCUT2D eigenvalue weighted by molar-refractivity contribution is 6.89. The molecule has 0 aliphatic heterocycles. The molecule has 0 radical (unpaired) electrons. The lowest BCUT2D eigenvalue weighted by atomic mass is 10.0. The van der Waals surface area contributed by atoms with Crippen molar-refractivity contribution in [2.75, 3.05) is 0 Å². The Labute approximate surface area is 174 Å². The molecule has 0 saturated heterocycles. The van der Waals surface area contributed by atoms with Crippen LogP contribution in [0, 0.1) is 11.8 Å². The maximum Gasteiger partial charge on any atom is 0.0806 e. The summed E-state index contributed by atoms with van der Waals surface area (Å²) in [5.74, 6) is 7.20. The Hall–Kier alpha value is -1.78. The van der Waals surface area contributed by atoms with Crippen molar-refractivity contribution < 1.29 is 0 Å². The van der Waals surface area contributed by atoms with E-state index in [4.69, 9.17) is 0 Å². The van der Waals surface area contributed by atoms with Crippen molar-refractivity contribution in [2.45, 2.75) is 84.4 Å². The van der Waals surface area contributed by atoms with Crippen LogP contribution in [0.1, 0.15) is 81.9 Å². The van der Waals surface area contributed by atoms with Crippen molar-refractivity contribution >= 4 is 13.3 Å². The minimum absolute atomic E-state index is 0.568. The zero-order chi connectivity index (χ0) is 20.4. The fraction of sp³-hybridized carbons (Fsp3) is 0.481. The van der Waals surface area contributed by atoms with Crippen LogP contribution in [-0.4, -0.2) is 8.07 Å². The normalized spacial score (nSPS) is 11.4. The van der Waals surface area contributed by atoms with E-state index < -0.39 is 8.07 Å². The molecule has 0 amide bonds. The standard InChI is InChI=1S/C27H38Si/c1-6-7-8-9-10-11-22-28(4,5)27-20-16-25(17-21-27)13-12-24-14-18-26(19-15-24)23(2)3/h14-21,23H,6-11,22H2,1-5H3. The Morgan fingerprint density at radius 2 is 1.21 bits per heavy atom. The molecule has 28 heavy (non-hydrogen) atoms. The zero-order valence-electron chi connectivity index (χ0n) is 18.6. The first kappa shape index (κ1) is 22.5. The van der Waals surface area contributed by atoms with E-state index in [2.05, 4.69) is 94.2 Å². The van der Waals surface area contributed by atoms with E-state index in [-0.39, 0.29) is 0 Å². The highest BCUT2D eigenvalue weighted by Crippen LogP contribution is 2.17. The molecule has 0 aliphatic rings. The summed E-state index contributed by atoms with van der Waals surface area (Å²) in [5, 5.41) is 1.56. The van der Waals surface area contributed by atoms with Crippen LogP contribution in [0.2, 0.25) is 19.1 Å². The molecule has 2 aromatic rings. The lowest BCUT2D eigenvalue weighted by Gasteiger charge is -2.23. The predicted molar refractivity (Wildman–Crippen MR) is 128 cm³/mol. The van der Waals surface area contributed by atoms with Crippen molar-refractivity contribution in [3.63, 3.8) is 0 Å². The van der Waals surface area contributed by atoms with Gasteiger partial charge in [-0.05, 0) is 35.7 Å². The summed E-state index contributed by atoms with van der Waals surface area (Å²) in [6.45, 7) is 11.7. The number of hydrogen-bond acceptors (Lipinski definition) is 0. The van der Waals surface area contributed by atoms with Gasteiger partial charge in [0, 0.05) is 11.1 Å². The summed E-state index contributed by atoms with van der Waals surface area (Å²) < 4.78 is 0. The van der Waals surface area contributed by atoms with Gasteiger partial charge in [-0.3, -0.25) is 0 Å². The minimum atomic E-state index is -1.32. The molecule has 2 aromatic carbocycles. The Morgan fingerprint density at radius 1 is 0.714 bits per heavy atom. The van der Waals surface area contributed by atoms with Crippen molar-refractivity contribution in [2.24, 2.45) is 0 Å². The smallest absolute Gasteiger partial charge is 0.0654 e. The second kappa shape index (κ2) is 11.3. The number of hydrogen-bond donors (Lipinski definition) is 0. The third-order valence-electron chi connectivity index (χ3n) is 5.75. The van der Waals surface area contributed by atoms with Crippen LogP contribution >= 0.6 is 0 Å². The van der Waals surface area contributed by atoms with Crippen LogP contribution < -0.4 is 5.19 Å². The molecule has 0 heterocycles. The van der Waals surface area contributed by atoms with Crippen LogP contribution in [0.5, 0.6) is 0 Å². The van der Waals surface area contributed by atoms with Gasteiger partial charge in [-0.1, -0.05) is 120 Å². The monoisotopic (exact) mass is 390 g/mol. The average molecular weight is 391 g/mol. The maximum atomic E-state index is 3.33. The molecule has 0 N–H and O–H groups in total. The molecule has 0 atom stereocenters. The summed E-state index contributed by atoms with van der Waals surface area (Å²) in [5.41, 5.74) is 3.57. The molecule has 0 bridgehead atoms. The van der Waals surface area contributed by atoms with Crippen molar-refractivity contribution in [3.8, 4) is 11.8 Å². The Bertz CT molecular complexity index is 755. The topological polar surface area (TPSA) is 0 Å². The molecule has 0 unspecified atom stereocenters. The Kier molecular flexibility index (Phi) is 9.06. The molecule has 0 aromatic heterocycles. The predicted octanol–water partition coefficient (Wildman–Crippen LogP) is 7.49. The highest BCUT2D eigenvalue weighted by Gasteiger charge is 2.22. The van der Waals surface area contributed by atoms with Gasteiger partial charge in [-0.15, -0.1) is 0 Å². The minimum Gasteiger partial charge on any atom is -0.0654 e. The van der Waals surface area contributed by atoms with Crippen LogP contribution in [0.15, 0.2) is 48.5 Å². The number of unbranched alkanes of at least 4 members (excludes halogenated alkanes) is 5. The van der Waals surface area contributed by atoms with Crippen molar-refractivity contribution in [1.29, 1.82) is 0 Å². The first-order valence-electron chi connectivity index (χ1n) is 11.1. The van der Waals surface area contributed by atoms with E-state index in [1.54, 1.807) is 5.19 Å². The van der Waals surface area contributed by atoms with Crippen LogP contribution in [0.3, 0.4) is 0 Å². The summed E-state index contributed by atoms with van der Waals surface area (Å²) in [4.78, 5) is 0. The van der Waals surface area contributed by atoms with Gasteiger partial charge < -0.3 is 0 Å². The fourth-order valence-electron chi connectivity index (χ4n) is 3.59. The van der Waals surface area contributed by atoms with Crippen LogP contribution in [0.4, 0.5) is 0 Å². The summed E-state index contributed by atoms with van der Waals surface area (Å²) in [6, 6.07) is 19.1. The second-order valence-corrected chi connectivity index (χ2v) is 13.9. The quantitative estimate of drug-likeness (QED) is 0.236. The lowest BCUT2D eigenvalue weighted by molar-refractivity contribution is 0.623. The molecule has 0 aliphatic carbocycles. The summed E-state index contributed by atoms with van der Waals surface area (Å²) in [7, 11) is -1.32. The van der Waals surface area contributed by atoms with Crippen molar-refractivity contribution in [1.82, 2.24) is 0 Å². The number of rotatable bonds is 9. The largest absolute Gasteiger partial charge is 0.0806 e.